The van der Waals surface area contributed by atoms with Gasteiger partial charge in [0.1, 0.15) is 0 Å². The van der Waals surface area contributed by atoms with Gasteiger partial charge in [-0.3, -0.25) is 0 Å². The SMILES string of the molecule is CN(C)C1C[CH-]C(=O)CC1.[Na+]. The molecule has 1 unspecified atom stereocenters. The molecule has 11 heavy (non-hydrogen) atoms. The maximum Gasteiger partial charge on any atom is 1.00 e. The van der Waals surface area contributed by atoms with Gasteiger partial charge < -0.3 is 16.1 Å². The first-order valence-corrected chi connectivity index (χ1v) is 3.72. The van der Waals surface area contributed by atoms with Gasteiger partial charge in [-0.25, -0.2) is 0 Å². The van der Waals surface area contributed by atoms with E-state index in [1.54, 1.807) is 0 Å². The van der Waals surface area contributed by atoms with Crippen molar-refractivity contribution < 1.29 is 34.4 Å². The molecular weight excluding hydrogens is 149 g/mol. The number of hydrogen-bond acceptors (Lipinski definition) is 2. The Labute approximate surface area is 90.6 Å². The molecule has 1 fully saturated rings. The first-order chi connectivity index (χ1) is 4.70. The van der Waals surface area contributed by atoms with Gasteiger partial charge in [0.05, 0.1) is 0 Å². The molecule has 3 heteroatoms. The van der Waals surface area contributed by atoms with Crippen LogP contribution < -0.4 is 29.6 Å². The summed E-state index contributed by atoms with van der Waals surface area (Å²) < 4.78 is 0. The minimum atomic E-state index is 0. The molecule has 1 aliphatic rings. The van der Waals surface area contributed by atoms with Crippen LogP contribution in [0.1, 0.15) is 19.3 Å². The number of rotatable bonds is 1. The Kier molecular flexibility index (Phi) is 5.44. The van der Waals surface area contributed by atoms with Gasteiger partial charge in [-0.2, -0.15) is 0 Å². The van der Waals surface area contributed by atoms with Crippen molar-refractivity contribution in [3.05, 3.63) is 6.42 Å². The minimum absolute atomic E-state index is 0. The van der Waals surface area contributed by atoms with Gasteiger partial charge in [0.25, 0.3) is 0 Å². The van der Waals surface area contributed by atoms with Crippen molar-refractivity contribution in [2.24, 2.45) is 0 Å². The van der Waals surface area contributed by atoms with Crippen LogP contribution in [-0.2, 0) is 4.79 Å². The largest absolute Gasteiger partial charge is 1.00 e. The Hall–Kier alpha value is 0.500. The summed E-state index contributed by atoms with van der Waals surface area (Å²) in [6, 6.07) is 0.595. The van der Waals surface area contributed by atoms with Gasteiger partial charge in [0.2, 0.25) is 0 Å². The van der Waals surface area contributed by atoms with E-state index >= 15 is 0 Å². The number of hydrogen-bond donors (Lipinski definition) is 0. The van der Waals surface area contributed by atoms with E-state index in [0.29, 0.717) is 11.8 Å². The van der Waals surface area contributed by atoms with E-state index in [9.17, 15) is 4.79 Å². The molecule has 0 bridgehead atoms. The topological polar surface area (TPSA) is 20.3 Å². The normalized spacial score (nSPS) is 24.3. The van der Waals surface area contributed by atoms with E-state index in [1.807, 2.05) is 6.42 Å². The number of Topliss-reactive ketones (excluding diaryl/α,β-unsaturated/α-hetero) is 1. The average Bonchev–Trinajstić information content (AvgIpc) is 1.88. The Morgan fingerprint density at radius 2 is 2.18 bits per heavy atom. The van der Waals surface area contributed by atoms with Crippen LogP contribution in [0, 0.1) is 6.42 Å². The quantitative estimate of drug-likeness (QED) is 0.325. The summed E-state index contributed by atoms with van der Waals surface area (Å²) in [6.45, 7) is 0. The molecule has 0 N–H and O–H groups in total. The summed E-state index contributed by atoms with van der Waals surface area (Å²) in [7, 11) is 4.13. The summed E-state index contributed by atoms with van der Waals surface area (Å²) in [5.74, 6) is 0.318. The van der Waals surface area contributed by atoms with Crippen molar-refractivity contribution in [2.45, 2.75) is 25.3 Å². The summed E-state index contributed by atoms with van der Waals surface area (Å²) in [6.07, 6.45) is 4.52. The third-order valence-electron chi connectivity index (χ3n) is 2.07. The molecule has 1 aliphatic carbocycles. The predicted octanol–water partition coefficient (Wildman–Crippen LogP) is -2.12. The summed E-state index contributed by atoms with van der Waals surface area (Å²) >= 11 is 0. The van der Waals surface area contributed by atoms with Gasteiger partial charge in [-0.15, -0.1) is 6.42 Å². The van der Waals surface area contributed by atoms with Crippen molar-refractivity contribution >= 4 is 5.78 Å². The number of carbonyl (C=O) groups is 1. The molecule has 0 amide bonds. The third kappa shape index (κ3) is 3.61. The summed E-state index contributed by atoms with van der Waals surface area (Å²) in [4.78, 5) is 12.9. The molecule has 0 aromatic heterocycles. The van der Waals surface area contributed by atoms with Crippen LogP contribution in [0.2, 0.25) is 0 Å². The molecule has 0 aromatic carbocycles. The molecule has 58 valence electrons. The molecule has 1 atom stereocenters. The third-order valence-corrected chi connectivity index (χ3v) is 2.07. The van der Waals surface area contributed by atoms with Crippen LogP contribution in [-0.4, -0.2) is 30.8 Å². The van der Waals surface area contributed by atoms with Gasteiger partial charge >= 0.3 is 29.6 Å². The van der Waals surface area contributed by atoms with Crippen molar-refractivity contribution in [3.8, 4) is 0 Å². The fraction of sp³-hybridized carbons (Fsp3) is 0.750. The fourth-order valence-corrected chi connectivity index (χ4v) is 1.27. The van der Waals surface area contributed by atoms with E-state index in [1.165, 1.54) is 0 Å². The second kappa shape index (κ2) is 5.20. The zero-order valence-electron chi connectivity index (χ0n) is 7.63. The molecule has 0 aliphatic heterocycles. The van der Waals surface area contributed by atoms with Crippen LogP contribution in [0.25, 0.3) is 0 Å². The Bertz CT molecular complexity index is 126. The van der Waals surface area contributed by atoms with Gasteiger partial charge in [-0.05, 0) is 38.8 Å². The average molecular weight is 163 g/mol. The Morgan fingerprint density at radius 1 is 1.55 bits per heavy atom. The molecular formula is C8H14NNaO. The molecule has 0 spiro atoms. The van der Waals surface area contributed by atoms with Crippen molar-refractivity contribution in [1.29, 1.82) is 0 Å². The molecule has 0 saturated heterocycles. The molecule has 0 heterocycles. The van der Waals surface area contributed by atoms with Crippen LogP contribution in [0.15, 0.2) is 0 Å². The van der Waals surface area contributed by atoms with E-state index in [0.717, 1.165) is 19.3 Å². The number of ketones is 1. The van der Waals surface area contributed by atoms with Crippen LogP contribution in [0.3, 0.4) is 0 Å². The maximum atomic E-state index is 10.8. The number of carbonyl (C=O) groups excluding carboxylic acids is 1. The molecule has 2 nitrogen and oxygen atoms in total. The van der Waals surface area contributed by atoms with E-state index < -0.39 is 0 Å². The van der Waals surface area contributed by atoms with Crippen molar-refractivity contribution in [2.75, 3.05) is 14.1 Å². The molecule has 0 aromatic rings. The van der Waals surface area contributed by atoms with E-state index in [-0.39, 0.29) is 29.6 Å². The zero-order valence-corrected chi connectivity index (χ0v) is 9.63. The molecule has 0 radical (unpaired) electrons. The zero-order chi connectivity index (χ0) is 7.56. The second-order valence-electron chi connectivity index (χ2n) is 3.06. The van der Waals surface area contributed by atoms with Crippen LogP contribution >= 0.6 is 0 Å². The van der Waals surface area contributed by atoms with Crippen LogP contribution in [0.5, 0.6) is 0 Å². The van der Waals surface area contributed by atoms with Crippen LogP contribution in [0.4, 0.5) is 0 Å². The minimum Gasteiger partial charge on any atom is -0.334 e. The first kappa shape index (κ1) is 11.5. The van der Waals surface area contributed by atoms with Gasteiger partial charge in [0.15, 0.2) is 0 Å². The predicted molar refractivity (Wildman–Crippen MR) is 40.6 cm³/mol. The standard InChI is InChI=1S/C8H14NO.Na/c1-9(2)7-3-5-8(10)6-4-7;/h5,7H,3-4,6H2,1-2H3;/q-1;+1. The smallest absolute Gasteiger partial charge is 0.334 e. The maximum absolute atomic E-state index is 10.8. The number of nitrogens with zero attached hydrogens (tertiary/aromatic N) is 1. The van der Waals surface area contributed by atoms with Gasteiger partial charge in [-0.1, -0.05) is 0 Å². The summed E-state index contributed by atoms with van der Waals surface area (Å²) in [5, 5.41) is 0. The monoisotopic (exact) mass is 163 g/mol. The molecule has 1 saturated carbocycles. The Balaban J connectivity index is 0.000001000. The van der Waals surface area contributed by atoms with E-state index in [4.69, 9.17) is 0 Å². The molecule has 1 rings (SSSR count). The summed E-state index contributed by atoms with van der Waals surface area (Å²) in [5.41, 5.74) is 0. The van der Waals surface area contributed by atoms with E-state index in [2.05, 4.69) is 19.0 Å². The van der Waals surface area contributed by atoms with Crippen molar-refractivity contribution in [3.63, 3.8) is 0 Å². The van der Waals surface area contributed by atoms with Gasteiger partial charge in [0, 0.05) is 0 Å². The fourth-order valence-electron chi connectivity index (χ4n) is 1.27. The van der Waals surface area contributed by atoms with Crippen molar-refractivity contribution in [1.82, 2.24) is 4.90 Å². The first-order valence-electron chi connectivity index (χ1n) is 3.72. The second-order valence-corrected chi connectivity index (χ2v) is 3.06. The Morgan fingerprint density at radius 3 is 2.55 bits per heavy atom.